The smallest absolute Gasteiger partial charge is 0.123 e. The van der Waals surface area contributed by atoms with E-state index in [1.807, 2.05) is 18.2 Å². The molecule has 1 aromatic carbocycles. The lowest BCUT2D eigenvalue weighted by Gasteiger charge is -2.46. The maximum absolute atomic E-state index is 5.91. The minimum atomic E-state index is -0.468. The molecule has 0 aliphatic heterocycles. The molecule has 0 saturated heterocycles. The summed E-state index contributed by atoms with van der Waals surface area (Å²) in [4.78, 5) is 11.8. The van der Waals surface area contributed by atoms with Gasteiger partial charge in [0.25, 0.3) is 0 Å². The van der Waals surface area contributed by atoms with E-state index >= 15 is 0 Å². The highest BCUT2D eigenvalue weighted by Crippen LogP contribution is 2.49. The van der Waals surface area contributed by atoms with Gasteiger partial charge in [-0.2, -0.15) is 0 Å². The molecule has 0 N–H and O–H groups in total. The van der Waals surface area contributed by atoms with Gasteiger partial charge in [0.05, 0.1) is 6.61 Å². The lowest BCUT2D eigenvalue weighted by atomic mass is 9.60. The fraction of sp³-hybridized carbons (Fsp3) is 0.760. The Kier molecular flexibility index (Phi) is 7.39. The summed E-state index contributed by atoms with van der Waals surface area (Å²) in [5.74, 6) is 0. The summed E-state index contributed by atoms with van der Waals surface area (Å²) < 4.78 is 0. The zero-order chi connectivity index (χ0) is 21.1. The zero-order valence-corrected chi connectivity index (χ0v) is 19.8. The molecule has 0 bridgehead atoms. The van der Waals surface area contributed by atoms with Crippen molar-refractivity contribution in [2.24, 2.45) is 21.7 Å². The molecule has 2 nitrogen and oxygen atoms in total. The van der Waals surface area contributed by atoms with Gasteiger partial charge < -0.3 is 0 Å². The molecule has 1 atom stereocenters. The van der Waals surface area contributed by atoms with Crippen LogP contribution in [0.4, 0.5) is 0 Å². The number of benzene rings is 1. The van der Waals surface area contributed by atoms with E-state index in [2.05, 4.69) is 88.3 Å². The Balaban J connectivity index is 2.81. The lowest BCUT2D eigenvalue weighted by molar-refractivity contribution is -0.373. The molecule has 1 unspecified atom stereocenters. The third-order valence-electron chi connectivity index (χ3n) is 7.26. The van der Waals surface area contributed by atoms with E-state index in [1.165, 1.54) is 0 Å². The highest BCUT2D eigenvalue weighted by molar-refractivity contribution is 5.20. The van der Waals surface area contributed by atoms with Crippen molar-refractivity contribution in [2.75, 3.05) is 6.61 Å². The normalized spacial score (nSPS) is 16.3. The molecule has 156 valence electrons. The van der Waals surface area contributed by atoms with Crippen LogP contribution >= 0.6 is 0 Å². The van der Waals surface area contributed by atoms with Gasteiger partial charge in [-0.05, 0) is 53.9 Å². The van der Waals surface area contributed by atoms with Crippen LogP contribution in [0.5, 0.6) is 0 Å². The quantitative estimate of drug-likeness (QED) is 0.341. The van der Waals surface area contributed by atoms with Crippen molar-refractivity contribution in [3.8, 4) is 0 Å². The molecule has 0 amide bonds. The summed E-state index contributed by atoms with van der Waals surface area (Å²) in [5, 5.41) is 0. The van der Waals surface area contributed by atoms with Crippen LogP contribution in [0.25, 0.3) is 0 Å². The Hall–Kier alpha value is -0.860. The minimum absolute atomic E-state index is 0.0300. The van der Waals surface area contributed by atoms with Crippen LogP contribution in [0, 0.1) is 21.7 Å². The van der Waals surface area contributed by atoms with Crippen molar-refractivity contribution < 1.29 is 9.78 Å². The number of hydrogen-bond acceptors (Lipinski definition) is 2. The van der Waals surface area contributed by atoms with Gasteiger partial charge in [-0.15, -0.1) is 0 Å². The second-order valence-electron chi connectivity index (χ2n) is 11.7. The predicted octanol–water partition coefficient (Wildman–Crippen LogP) is 7.77. The number of hydrogen-bond donors (Lipinski definition) is 0. The minimum Gasteiger partial charge on any atom is -0.235 e. The third-order valence-corrected chi connectivity index (χ3v) is 7.26. The van der Waals surface area contributed by atoms with E-state index < -0.39 is 5.60 Å². The van der Waals surface area contributed by atoms with E-state index in [9.17, 15) is 0 Å². The zero-order valence-electron chi connectivity index (χ0n) is 19.8. The molecule has 1 rings (SSSR count). The fourth-order valence-electron chi connectivity index (χ4n) is 2.82. The molecular formula is C25H44O2. The van der Waals surface area contributed by atoms with Crippen LogP contribution in [0.1, 0.15) is 94.6 Å². The summed E-state index contributed by atoms with van der Waals surface area (Å²) >= 11 is 0. The first-order valence-corrected chi connectivity index (χ1v) is 10.4. The Bertz CT molecular complexity index is 573. The highest BCUT2D eigenvalue weighted by atomic mass is 17.2. The van der Waals surface area contributed by atoms with Gasteiger partial charge in [-0.3, -0.25) is 0 Å². The van der Waals surface area contributed by atoms with Gasteiger partial charge in [-0.25, -0.2) is 9.78 Å². The van der Waals surface area contributed by atoms with Crippen molar-refractivity contribution in [3.05, 3.63) is 35.9 Å². The molecule has 0 aromatic heterocycles. The van der Waals surface area contributed by atoms with Crippen LogP contribution in [0.15, 0.2) is 30.3 Å². The first-order valence-electron chi connectivity index (χ1n) is 10.4. The van der Waals surface area contributed by atoms with E-state index in [4.69, 9.17) is 9.78 Å². The maximum atomic E-state index is 5.91. The lowest BCUT2D eigenvalue weighted by Crippen LogP contribution is -2.40. The Labute approximate surface area is 169 Å². The molecule has 0 spiro atoms. The highest BCUT2D eigenvalue weighted by Gasteiger charge is 2.42. The summed E-state index contributed by atoms with van der Waals surface area (Å²) in [6.45, 7) is 25.7. The van der Waals surface area contributed by atoms with Crippen molar-refractivity contribution in [1.29, 1.82) is 0 Å². The number of rotatable bonds is 8. The van der Waals surface area contributed by atoms with Crippen LogP contribution < -0.4 is 0 Å². The summed E-state index contributed by atoms with van der Waals surface area (Å²) in [6.07, 6.45) is 2.27. The second kappa shape index (κ2) is 8.25. The molecule has 27 heavy (non-hydrogen) atoms. The Morgan fingerprint density at radius 1 is 0.667 bits per heavy atom. The van der Waals surface area contributed by atoms with E-state index in [-0.39, 0.29) is 21.7 Å². The molecule has 0 aliphatic rings. The van der Waals surface area contributed by atoms with Crippen LogP contribution in [-0.4, -0.2) is 6.61 Å². The van der Waals surface area contributed by atoms with Crippen LogP contribution in [-0.2, 0) is 15.4 Å². The predicted molar refractivity (Wildman–Crippen MR) is 117 cm³/mol. The van der Waals surface area contributed by atoms with Crippen LogP contribution in [0.2, 0.25) is 0 Å². The molecule has 1 aromatic rings. The van der Waals surface area contributed by atoms with Crippen molar-refractivity contribution >= 4 is 0 Å². The van der Waals surface area contributed by atoms with E-state index in [1.54, 1.807) is 0 Å². The van der Waals surface area contributed by atoms with E-state index in [0.29, 0.717) is 6.61 Å². The van der Waals surface area contributed by atoms with Crippen molar-refractivity contribution in [1.82, 2.24) is 0 Å². The topological polar surface area (TPSA) is 18.5 Å². The molecule has 2 heteroatoms. The average Bonchev–Trinajstić information content (AvgIpc) is 2.51. The largest absolute Gasteiger partial charge is 0.235 e. The molecule has 0 aliphatic carbocycles. The van der Waals surface area contributed by atoms with E-state index in [0.717, 1.165) is 18.4 Å². The van der Waals surface area contributed by atoms with Gasteiger partial charge in [0.1, 0.15) is 5.60 Å². The first kappa shape index (κ1) is 24.2. The van der Waals surface area contributed by atoms with Gasteiger partial charge in [0.2, 0.25) is 0 Å². The SMILES string of the molecule is CC(C)(OOCC(C)(CCC(C)(C)C(C)(C)C)C(C)(C)C)c1ccccc1. The molecule has 0 radical (unpaired) electrons. The first-order chi connectivity index (χ1) is 12.0. The van der Waals surface area contributed by atoms with Gasteiger partial charge in [0, 0.05) is 0 Å². The Morgan fingerprint density at radius 3 is 1.63 bits per heavy atom. The standard InChI is InChI=1S/C25H44O2/c1-21(2,3)23(7,8)17-18-25(11,22(4,5)6)19-26-27-24(9,10)20-15-13-12-14-16-20/h12-16H,17-19H2,1-11H3. The van der Waals surface area contributed by atoms with Crippen molar-refractivity contribution in [2.45, 2.75) is 94.6 Å². The summed E-state index contributed by atoms with van der Waals surface area (Å²) in [5.41, 5.74) is 1.35. The maximum Gasteiger partial charge on any atom is 0.123 e. The van der Waals surface area contributed by atoms with Crippen LogP contribution in [0.3, 0.4) is 0 Å². The fourth-order valence-corrected chi connectivity index (χ4v) is 2.82. The molecule has 0 saturated carbocycles. The monoisotopic (exact) mass is 376 g/mol. The van der Waals surface area contributed by atoms with Gasteiger partial charge in [0.15, 0.2) is 0 Å². The molecular weight excluding hydrogens is 332 g/mol. The second-order valence-corrected chi connectivity index (χ2v) is 11.7. The van der Waals surface area contributed by atoms with Crippen molar-refractivity contribution in [3.63, 3.8) is 0 Å². The summed E-state index contributed by atoms with van der Waals surface area (Å²) in [7, 11) is 0. The molecule has 0 heterocycles. The Morgan fingerprint density at radius 2 is 1.19 bits per heavy atom. The van der Waals surface area contributed by atoms with Gasteiger partial charge in [-0.1, -0.05) is 92.6 Å². The third kappa shape index (κ3) is 6.32. The molecule has 0 fully saturated rings. The average molecular weight is 377 g/mol. The summed E-state index contributed by atoms with van der Waals surface area (Å²) in [6, 6.07) is 10.3. The van der Waals surface area contributed by atoms with Gasteiger partial charge >= 0.3 is 0 Å².